The van der Waals surface area contributed by atoms with E-state index in [0.717, 1.165) is 5.56 Å². The van der Waals surface area contributed by atoms with Crippen LogP contribution in [0.15, 0.2) is 42.5 Å². The van der Waals surface area contributed by atoms with E-state index in [0.29, 0.717) is 16.5 Å². The van der Waals surface area contributed by atoms with Gasteiger partial charge < -0.3 is 9.61 Å². The van der Waals surface area contributed by atoms with Gasteiger partial charge in [-0.3, -0.25) is 4.57 Å². The Kier molecular flexibility index (Phi) is 4.36. The van der Waals surface area contributed by atoms with E-state index in [2.05, 4.69) is 5.09 Å². The molecule has 0 radical (unpaired) electrons. The summed E-state index contributed by atoms with van der Waals surface area (Å²) in [5.74, 6) is -0.00348. The lowest BCUT2D eigenvalue weighted by Gasteiger charge is -2.18. The third-order valence-corrected chi connectivity index (χ3v) is 4.06. The van der Waals surface area contributed by atoms with Gasteiger partial charge in [0, 0.05) is 12.4 Å². The Bertz CT molecular complexity index is 661. The van der Waals surface area contributed by atoms with E-state index in [9.17, 15) is 8.96 Å². The van der Waals surface area contributed by atoms with E-state index in [4.69, 9.17) is 16.1 Å². The molecule has 1 N–H and O–H groups in total. The summed E-state index contributed by atoms with van der Waals surface area (Å²) in [5.41, 5.74) is 1.46. The molecule has 1 atom stereocenters. The number of hydrogen-bond donors (Lipinski definition) is 1. The van der Waals surface area contributed by atoms with Crippen molar-refractivity contribution < 1.29 is 13.5 Å². The lowest BCUT2D eigenvalue weighted by molar-refractivity contribution is 0.493. The normalized spacial score (nSPS) is 13.6. The van der Waals surface area contributed by atoms with Gasteiger partial charge in [-0.25, -0.2) is 4.39 Å². The second kappa shape index (κ2) is 5.86. The van der Waals surface area contributed by atoms with E-state index in [1.807, 2.05) is 13.0 Å². The minimum absolute atomic E-state index is 0.354. The molecule has 0 aromatic heterocycles. The number of nitrogens with one attached hydrogen (secondary N) is 1. The van der Waals surface area contributed by atoms with E-state index in [1.54, 1.807) is 12.1 Å². The predicted molar refractivity (Wildman–Crippen MR) is 80.4 cm³/mol. The summed E-state index contributed by atoms with van der Waals surface area (Å²) in [6.45, 7) is 3.33. The molecule has 0 spiro atoms. The van der Waals surface area contributed by atoms with Gasteiger partial charge >= 0.3 is 7.52 Å². The number of halogens is 2. The van der Waals surface area contributed by atoms with Crippen LogP contribution in [0.4, 0.5) is 10.1 Å². The second-order valence-electron chi connectivity index (χ2n) is 4.49. The van der Waals surface area contributed by atoms with E-state index >= 15 is 0 Å². The molecule has 2 rings (SSSR count). The molecule has 106 valence electrons. The molecule has 2 aromatic rings. The van der Waals surface area contributed by atoms with Crippen molar-refractivity contribution in [2.45, 2.75) is 6.92 Å². The second-order valence-corrected chi connectivity index (χ2v) is 6.99. The minimum atomic E-state index is -3.16. The number of aryl methyl sites for hydroxylation is 1. The Morgan fingerprint density at radius 3 is 2.50 bits per heavy atom. The summed E-state index contributed by atoms with van der Waals surface area (Å²) < 4.78 is 30.7. The Balaban J connectivity index is 2.16. The summed E-state index contributed by atoms with van der Waals surface area (Å²) in [6.07, 6.45) is 0. The molecular weight excluding hydrogens is 300 g/mol. The maximum Gasteiger partial charge on any atom is 0.338 e. The molecule has 0 saturated carbocycles. The number of benzene rings is 2. The quantitative estimate of drug-likeness (QED) is 0.798. The first-order valence-electron chi connectivity index (χ1n) is 5.93. The highest BCUT2D eigenvalue weighted by Gasteiger charge is 2.19. The van der Waals surface area contributed by atoms with Crippen molar-refractivity contribution in [1.82, 2.24) is 0 Å². The molecule has 0 aliphatic rings. The summed E-state index contributed by atoms with van der Waals surface area (Å²) in [7, 11) is -3.16. The van der Waals surface area contributed by atoms with Gasteiger partial charge in [-0.15, -0.1) is 0 Å². The van der Waals surface area contributed by atoms with Crippen LogP contribution in [0.2, 0.25) is 5.02 Å². The average molecular weight is 314 g/mol. The van der Waals surface area contributed by atoms with Gasteiger partial charge in [0.15, 0.2) is 0 Å². The topological polar surface area (TPSA) is 38.3 Å². The van der Waals surface area contributed by atoms with Gasteiger partial charge in [0.25, 0.3) is 0 Å². The molecule has 0 saturated heterocycles. The maximum atomic E-state index is 12.8. The van der Waals surface area contributed by atoms with E-state index in [1.165, 1.54) is 30.9 Å². The summed E-state index contributed by atoms with van der Waals surface area (Å²) in [6, 6.07) is 10.8. The minimum Gasteiger partial charge on any atom is -0.427 e. The van der Waals surface area contributed by atoms with Gasteiger partial charge in [0.05, 0.1) is 5.02 Å². The van der Waals surface area contributed by atoms with Crippen LogP contribution in [-0.2, 0) is 4.57 Å². The van der Waals surface area contributed by atoms with Crippen LogP contribution >= 0.6 is 19.1 Å². The molecule has 0 aliphatic carbocycles. The molecule has 0 aliphatic heterocycles. The number of hydrogen-bond acceptors (Lipinski definition) is 2. The van der Waals surface area contributed by atoms with E-state index < -0.39 is 7.52 Å². The van der Waals surface area contributed by atoms with Crippen molar-refractivity contribution in [3.8, 4) is 5.75 Å². The fraction of sp³-hybridized carbons (Fsp3) is 0.143. The van der Waals surface area contributed by atoms with Crippen molar-refractivity contribution in [1.29, 1.82) is 0 Å². The third kappa shape index (κ3) is 3.99. The van der Waals surface area contributed by atoms with Crippen LogP contribution in [-0.4, -0.2) is 6.66 Å². The molecule has 0 bridgehead atoms. The monoisotopic (exact) mass is 313 g/mol. The first-order valence-corrected chi connectivity index (χ1v) is 8.38. The van der Waals surface area contributed by atoms with E-state index in [-0.39, 0.29) is 5.82 Å². The van der Waals surface area contributed by atoms with Crippen molar-refractivity contribution in [2.75, 3.05) is 11.8 Å². The van der Waals surface area contributed by atoms with Crippen LogP contribution in [0.25, 0.3) is 0 Å². The van der Waals surface area contributed by atoms with Crippen molar-refractivity contribution in [2.24, 2.45) is 0 Å². The molecule has 20 heavy (non-hydrogen) atoms. The molecular formula is C14H14ClFNO2P. The highest BCUT2D eigenvalue weighted by Crippen LogP contribution is 2.45. The molecule has 0 fully saturated rings. The van der Waals surface area contributed by atoms with Crippen LogP contribution in [0.3, 0.4) is 0 Å². The summed E-state index contributed by atoms with van der Waals surface area (Å²) in [5, 5.41) is 3.14. The lowest BCUT2D eigenvalue weighted by Crippen LogP contribution is -2.02. The van der Waals surface area contributed by atoms with Gasteiger partial charge in [0.1, 0.15) is 11.6 Å². The molecule has 6 heteroatoms. The highest BCUT2D eigenvalue weighted by molar-refractivity contribution is 7.60. The lowest BCUT2D eigenvalue weighted by atomic mass is 10.2. The average Bonchev–Trinajstić information content (AvgIpc) is 2.36. The molecule has 3 nitrogen and oxygen atoms in total. The maximum absolute atomic E-state index is 12.8. The summed E-state index contributed by atoms with van der Waals surface area (Å²) in [4.78, 5) is 0. The van der Waals surface area contributed by atoms with Crippen molar-refractivity contribution >= 4 is 24.8 Å². The largest absolute Gasteiger partial charge is 0.427 e. The smallest absolute Gasteiger partial charge is 0.338 e. The highest BCUT2D eigenvalue weighted by atomic mass is 35.5. The van der Waals surface area contributed by atoms with Crippen molar-refractivity contribution in [3.63, 3.8) is 0 Å². The molecule has 2 aromatic carbocycles. The predicted octanol–water partition coefficient (Wildman–Crippen LogP) is 5.10. The van der Waals surface area contributed by atoms with Gasteiger partial charge in [-0.05, 0) is 48.9 Å². The molecule has 0 heterocycles. The first kappa shape index (κ1) is 14.9. The van der Waals surface area contributed by atoms with Crippen LogP contribution in [0.1, 0.15) is 5.56 Å². The Morgan fingerprint density at radius 2 is 1.85 bits per heavy atom. The van der Waals surface area contributed by atoms with Crippen LogP contribution < -0.4 is 9.61 Å². The SMILES string of the molecule is Cc1ccc(Cl)c(OP(C)(=O)Nc2ccc(F)cc2)c1. The number of anilines is 1. The summed E-state index contributed by atoms with van der Waals surface area (Å²) >= 11 is 6.00. The third-order valence-electron chi connectivity index (χ3n) is 2.54. The Morgan fingerprint density at radius 1 is 1.20 bits per heavy atom. The number of rotatable bonds is 4. The fourth-order valence-electron chi connectivity index (χ4n) is 1.65. The first-order chi connectivity index (χ1) is 9.35. The van der Waals surface area contributed by atoms with Gasteiger partial charge in [-0.1, -0.05) is 17.7 Å². The zero-order valence-electron chi connectivity index (χ0n) is 11.1. The van der Waals surface area contributed by atoms with Crippen LogP contribution in [0, 0.1) is 12.7 Å². The Hall–Kier alpha value is -1.51. The van der Waals surface area contributed by atoms with Gasteiger partial charge in [-0.2, -0.15) is 0 Å². The Labute approximate surface area is 122 Å². The molecule has 0 amide bonds. The zero-order chi connectivity index (χ0) is 14.8. The van der Waals surface area contributed by atoms with Crippen molar-refractivity contribution in [3.05, 3.63) is 58.9 Å². The van der Waals surface area contributed by atoms with Crippen LogP contribution in [0.5, 0.6) is 5.75 Å². The zero-order valence-corrected chi connectivity index (χ0v) is 12.7. The fourth-order valence-corrected chi connectivity index (χ4v) is 3.05. The van der Waals surface area contributed by atoms with Gasteiger partial charge in [0.2, 0.25) is 0 Å². The standard InChI is InChI=1S/C14H14ClFNO2P/c1-10-3-8-13(15)14(9-10)19-20(2,18)17-12-6-4-11(16)5-7-12/h3-9H,1-2H3,(H,17,18). The molecule has 1 unspecified atom stereocenters.